The number of hydrogen-bond donors (Lipinski definition) is 1. The summed E-state index contributed by atoms with van der Waals surface area (Å²) in [5.74, 6) is 0.253. The number of hydrogen-bond acceptors (Lipinski definition) is 5. The molecule has 3 rings (SSSR count). The van der Waals surface area contributed by atoms with Crippen molar-refractivity contribution in [1.82, 2.24) is 15.0 Å². The molecule has 0 unspecified atom stereocenters. The molecule has 0 saturated heterocycles. The number of phenols is 1. The zero-order valence-corrected chi connectivity index (χ0v) is 20.3. The Morgan fingerprint density at radius 2 is 1.58 bits per heavy atom. The lowest BCUT2D eigenvalue weighted by molar-refractivity contribution is 0.438. The molecule has 0 bridgehead atoms. The van der Waals surface area contributed by atoms with Crippen LogP contribution in [-0.4, -0.2) is 34.3 Å². The van der Waals surface area contributed by atoms with Gasteiger partial charge in [-0.05, 0) is 47.1 Å². The van der Waals surface area contributed by atoms with Gasteiger partial charge in [0.25, 0.3) is 0 Å². The minimum absolute atomic E-state index is 0.118. The number of aromatic hydroxyl groups is 1. The van der Waals surface area contributed by atoms with Gasteiger partial charge in [0.15, 0.2) is 9.84 Å². The van der Waals surface area contributed by atoms with Crippen LogP contribution in [0, 0.1) is 0 Å². The molecular weight excluding hydrogens is 410 g/mol. The second kappa shape index (κ2) is 7.93. The number of nitrogens with zero attached hydrogens (tertiary/aromatic N) is 3. The third-order valence-corrected chi connectivity index (χ3v) is 7.26. The average Bonchev–Trinajstić information content (AvgIpc) is 3.07. The fourth-order valence-electron chi connectivity index (χ4n) is 3.42. The standard InChI is InChI=1S/C24H33N3O3S/c1-8-9-12-31(29,30)17-10-11-19-20(15-17)26-27(25-19)21-14-16(23(2,3)4)13-18(22(21)28)24(5,6)7/h10-11,13-15,28H,8-9,12H2,1-7H3. The quantitative estimate of drug-likeness (QED) is 0.579. The molecule has 31 heavy (non-hydrogen) atoms. The summed E-state index contributed by atoms with van der Waals surface area (Å²) in [4.78, 5) is 1.66. The van der Waals surface area contributed by atoms with Crippen molar-refractivity contribution < 1.29 is 13.5 Å². The van der Waals surface area contributed by atoms with Crippen LogP contribution < -0.4 is 0 Å². The lowest BCUT2D eigenvalue weighted by atomic mass is 9.80. The molecule has 0 aliphatic carbocycles. The van der Waals surface area contributed by atoms with Crippen molar-refractivity contribution >= 4 is 20.9 Å². The molecule has 7 heteroatoms. The first kappa shape index (κ1) is 23.3. The second-order valence-electron chi connectivity index (χ2n) is 10.2. The predicted octanol–water partition coefficient (Wildman–Crippen LogP) is 5.29. The van der Waals surface area contributed by atoms with Gasteiger partial charge < -0.3 is 5.11 Å². The van der Waals surface area contributed by atoms with Gasteiger partial charge in [-0.15, -0.1) is 15.0 Å². The second-order valence-corrected chi connectivity index (χ2v) is 12.3. The Hall–Kier alpha value is -2.41. The zero-order valence-electron chi connectivity index (χ0n) is 19.5. The summed E-state index contributed by atoms with van der Waals surface area (Å²) in [6.07, 6.45) is 1.44. The fourth-order valence-corrected chi connectivity index (χ4v) is 4.90. The van der Waals surface area contributed by atoms with Crippen LogP contribution in [0.4, 0.5) is 0 Å². The Bertz CT molecular complexity index is 1210. The van der Waals surface area contributed by atoms with Gasteiger partial charge in [-0.2, -0.15) is 0 Å². The average molecular weight is 444 g/mol. The molecular formula is C24H33N3O3S. The van der Waals surface area contributed by atoms with E-state index in [0.717, 1.165) is 17.5 Å². The van der Waals surface area contributed by atoms with Crippen molar-refractivity contribution in [2.24, 2.45) is 0 Å². The Kier molecular flexibility index (Phi) is 5.95. The van der Waals surface area contributed by atoms with E-state index in [1.165, 1.54) is 4.80 Å². The maximum absolute atomic E-state index is 12.6. The molecule has 2 aromatic carbocycles. The molecule has 0 spiro atoms. The molecule has 0 aliphatic heterocycles. The first-order chi connectivity index (χ1) is 14.2. The van der Waals surface area contributed by atoms with Gasteiger partial charge in [-0.25, -0.2) is 8.42 Å². The molecule has 3 aromatic rings. The summed E-state index contributed by atoms with van der Waals surface area (Å²) in [5, 5.41) is 20.1. The Balaban J connectivity index is 2.18. The summed E-state index contributed by atoms with van der Waals surface area (Å²) in [6.45, 7) is 14.5. The van der Waals surface area contributed by atoms with Gasteiger partial charge in [0.1, 0.15) is 22.5 Å². The lowest BCUT2D eigenvalue weighted by Gasteiger charge is -2.27. The maximum Gasteiger partial charge on any atom is 0.178 e. The van der Waals surface area contributed by atoms with E-state index in [-0.39, 0.29) is 27.2 Å². The van der Waals surface area contributed by atoms with Gasteiger partial charge in [0.05, 0.1) is 10.6 Å². The molecule has 0 aliphatic rings. The maximum atomic E-state index is 12.6. The van der Waals surface area contributed by atoms with Crippen LogP contribution in [0.5, 0.6) is 5.75 Å². The summed E-state index contributed by atoms with van der Waals surface area (Å²) in [7, 11) is -3.36. The molecule has 6 nitrogen and oxygen atoms in total. The van der Waals surface area contributed by atoms with E-state index >= 15 is 0 Å². The van der Waals surface area contributed by atoms with Gasteiger partial charge in [-0.1, -0.05) is 61.0 Å². The first-order valence-electron chi connectivity index (χ1n) is 10.7. The number of fused-ring (bicyclic) bond motifs is 1. The van der Waals surface area contributed by atoms with E-state index in [1.54, 1.807) is 18.2 Å². The van der Waals surface area contributed by atoms with Crippen molar-refractivity contribution in [2.45, 2.75) is 77.0 Å². The highest BCUT2D eigenvalue weighted by Gasteiger charge is 2.26. The minimum atomic E-state index is -3.36. The minimum Gasteiger partial charge on any atom is -0.505 e. The first-order valence-corrected chi connectivity index (χ1v) is 12.4. The number of aromatic nitrogens is 3. The fraction of sp³-hybridized carbons (Fsp3) is 0.500. The van der Waals surface area contributed by atoms with Gasteiger partial charge in [0.2, 0.25) is 0 Å². The van der Waals surface area contributed by atoms with Gasteiger partial charge in [-0.3, -0.25) is 0 Å². The van der Waals surface area contributed by atoms with Crippen LogP contribution in [0.15, 0.2) is 35.2 Å². The third kappa shape index (κ3) is 4.76. The highest BCUT2D eigenvalue weighted by molar-refractivity contribution is 7.91. The van der Waals surface area contributed by atoms with Crippen molar-refractivity contribution in [3.05, 3.63) is 41.5 Å². The van der Waals surface area contributed by atoms with Gasteiger partial charge in [0, 0.05) is 5.56 Å². The van der Waals surface area contributed by atoms with Crippen molar-refractivity contribution in [3.63, 3.8) is 0 Å². The van der Waals surface area contributed by atoms with Crippen LogP contribution in [-0.2, 0) is 20.7 Å². The number of benzene rings is 2. The highest BCUT2D eigenvalue weighted by atomic mass is 32.2. The molecule has 0 radical (unpaired) electrons. The van der Waals surface area contributed by atoms with Crippen molar-refractivity contribution in [1.29, 1.82) is 0 Å². The Morgan fingerprint density at radius 3 is 2.16 bits per heavy atom. The summed E-state index contributed by atoms with van der Waals surface area (Å²) in [6, 6.07) is 8.77. The van der Waals surface area contributed by atoms with E-state index in [1.807, 2.05) is 19.1 Å². The van der Waals surface area contributed by atoms with Gasteiger partial charge >= 0.3 is 0 Å². The normalized spacial score (nSPS) is 13.1. The van der Waals surface area contributed by atoms with Crippen LogP contribution in [0.25, 0.3) is 16.7 Å². The Morgan fingerprint density at radius 1 is 0.935 bits per heavy atom. The number of rotatable bonds is 5. The molecule has 1 aromatic heterocycles. The van der Waals surface area contributed by atoms with Crippen LogP contribution >= 0.6 is 0 Å². The third-order valence-electron chi connectivity index (χ3n) is 5.46. The number of phenolic OH excluding ortho intramolecular Hbond substituents is 1. The smallest absolute Gasteiger partial charge is 0.178 e. The molecule has 1 N–H and O–H groups in total. The van der Waals surface area contributed by atoms with Crippen molar-refractivity contribution in [3.8, 4) is 11.4 Å². The van der Waals surface area contributed by atoms with Crippen LogP contribution in [0.1, 0.15) is 72.4 Å². The Labute approximate surface area is 185 Å². The number of sulfone groups is 1. The topological polar surface area (TPSA) is 85.1 Å². The SMILES string of the molecule is CCCCS(=O)(=O)c1ccc2nn(-c3cc(C(C)(C)C)cc(C(C)(C)C)c3O)nc2c1. The summed E-state index contributed by atoms with van der Waals surface area (Å²) in [5.41, 5.74) is 3.03. The highest BCUT2D eigenvalue weighted by Crippen LogP contribution is 2.39. The largest absolute Gasteiger partial charge is 0.505 e. The van der Waals surface area contributed by atoms with E-state index in [4.69, 9.17) is 0 Å². The monoisotopic (exact) mass is 443 g/mol. The number of unbranched alkanes of at least 4 members (excludes halogenated alkanes) is 1. The van der Waals surface area contributed by atoms with Crippen molar-refractivity contribution in [2.75, 3.05) is 5.75 Å². The molecule has 0 saturated carbocycles. The summed E-state index contributed by atoms with van der Waals surface area (Å²) < 4.78 is 25.2. The molecule has 0 amide bonds. The zero-order chi connectivity index (χ0) is 23.2. The molecule has 168 valence electrons. The predicted molar refractivity (Wildman–Crippen MR) is 125 cm³/mol. The van der Waals surface area contributed by atoms with E-state index in [0.29, 0.717) is 23.1 Å². The molecule has 1 heterocycles. The van der Waals surface area contributed by atoms with E-state index < -0.39 is 9.84 Å². The molecule has 0 atom stereocenters. The van der Waals surface area contributed by atoms with E-state index in [9.17, 15) is 13.5 Å². The van der Waals surface area contributed by atoms with Crippen LogP contribution in [0.3, 0.4) is 0 Å². The van der Waals surface area contributed by atoms with Crippen LogP contribution in [0.2, 0.25) is 0 Å². The molecule has 0 fully saturated rings. The summed E-state index contributed by atoms with van der Waals surface area (Å²) >= 11 is 0. The van der Waals surface area contributed by atoms with E-state index in [2.05, 4.69) is 51.7 Å². The lowest BCUT2D eigenvalue weighted by Crippen LogP contribution is -2.18.